The van der Waals surface area contributed by atoms with Crippen molar-refractivity contribution in [3.05, 3.63) is 0 Å². The van der Waals surface area contributed by atoms with E-state index in [2.05, 4.69) is 33.0 Å². The van der Waals surface area contributed by atoms with Gasteiger partial charge in [0, 0.05) is 19.5 Å². The molecule has 2 aliphatic rings. The number of hydrogen-bond donors (Lipinski definition) is 1. The summed E-state index contributed by atoms with van der Waals surface area (Å²) in [6.07, 6.45) is 6.15. The number of fused-ring (bicyclic) bond motifs is 1. The lowest BCUT2D eigenvalue weighted by atomic mass is 9.71. The van der Waals surface area contributed by atoms with Crippen LogP contribution in [0, 0.1) is 11.3 Å². The van der Waals surface area contributed by atoms with Crippen LogP contribution < -0.4 is 5.32 Å². The maximum Gasteiger partial charge on any atom is 0.245 e. The van der Waals surface area contributed by atoms with Crippen molar-refractivity contribution in [2.24, 2.45) is 11.3 Å². The van der Waals surface area contributed by atoms with Crippen molar-refractivity contribution >= 4 is 11.8 Å². The highest BCUT2D eigenvalue weighted by Crippen LogP contribution is 2.45. The highest BCUT2D eigenvalue weighted by molar-refractivity contribution is 5.92. The van der Waals surface area contributed by atoms with Crippen molar-refractivity contribution < 1.29 is 9.59 Å². The van der Waals surface area contributed by atoms with E-state index in [0.717, 1.165) is 51.6 Å². The molecule has 0 aromatic carbocycles. The number of rotatable bonds is 4. The maximum absolute atomic E-state index is 12.9. The summed E-state index contributed by atoms with van der Waals surface area (Å²) in [6, 6.07) is 0. The fraction of sp³-hybridized carbons (Fsp3) is 0.889. The molecule has 22 heavy (non-hydrogen) atoms. The maximum atomic E-state index is 12.9. The fourth-order valence-electron chi connectivity index (χ4n) is 4.01. The zero-order valence-corrected chi connectivity index (χ0v) is 14.7. The van der Waals surface area contributed by atoms with E-state index in [1.165, 1.54) is 0 Å². The predicted octanol–water partition coefficient (Wildman–Crippen LogP) is 3.11. The lowest BCUT2D eigenvalue weighted by molar-refractivity contribution is -0.144. The van der Waals surface area contributed by atoms with E-state index in [-0.39, 0.29) is 17.2 Å². The van der Waals surface area contributed by atoms with Gasteiger partial charge >= 0.3 is 0 Å². The van der Waals surface area contributed by atoms with Gasteiger partial charge in [0.2, 0.25) is 11.8 Å². The van der Waals surface area contributed by atoms with Crippen LogP contribution in [0.4, 0.5) is 0 Å². The van der Waals surface area contributed by atoms with Gasteiger partial charge in [0.05, 0.1) is 0 Å². The standard InChI is InChI=1S/C18H32N2O2/c1-5-6-11-19-16(22)18-10-7-12-20(18)15(21)9-8-14(13-18)17(2,3)4/h14H,5-13H2,1-4H3,(H,19,22)/t14-,18+/m0/s1. The Labute approximate surface area is 135 Å². The first kappa shape index (κ1) is 17.3. The Morgan fingerprint density at radius 1 is 1.41 bits per heavy atom. The predicted molar refractivity (Wildman–Crippen MR) is 88.4 cm³/mol. The van der Waals surface area contributed by atoms with Gasteiger partial charge in [-0.2, -0.15) is 0 Å². The molecule has 2 rings (SSSR count). The van der Waals surface area contributed by atoms with Crippen LogP contribution in [0.25, 0.3) is 0 Å². The number of unbranched alkanes of at least 4 members (excludes halogenated alkanes) is 1. The Hall–Kier alpha value is -1.06. The quantitative estimate of drug-likeness (QED) is 0.811. The molecule has 2 heterocycles. The first-order valence-electron chi connectivity index (χ1n) is 8.90. The van der Waals surface area contributed by atoms with E-state index in [1.807, 2.05) is 4.90 Å². The minimum absolute atomic E-state index is 0.0861. The Kier molecular flexibility index (Phi) is 5.18. The van der Waals surface area contributed by atoms with Crippen molar-refractivity contribution in [2.75, 3.05) is 13.1 Å². The van der Waals surface area contributed by atoms with E-state index in [4.69, 9.17) is 0 Å². The molecule has 0 bridgehead atoms. The molecule has 0 aromatic heterocycles. The third kappa shape index (κ3) is 3.31. The van der Waals surface area contributed by atoms with Gasteiger partial charge in [0.1, 0.15) is 5.54 Å². The van der Waals surface area contributed by atoms with Gasteiger partial charge in [0.15, 0.2) is 0 Å². The van der Waals surface area contributed by atoms with Gasteiger partial charge in [-0.25, -0.2) is 0 Å². The normalized spacial score (nSPS) is 29.2. The third-order valence-corrected chi connectivity index (χ3v) is 5.54. The molecule has 2 fully saturated rings. The molecule has 0 saturated carbocycles. The molecule has 0 spiro atoms. The second kappa shape index (κ2) is 6.59. The smallest absolute Gasteiger partial charge is 0.245 e. The summed E-state index contributed by atoms with van der Waals surface area (Å²) in [5.41, 5.74) is -0.450. The van der Waals surface area contributed by atoms with Gasteiger partial charge in [-0.1, -0.05) is 34.1 Å². The highest BCUT2D eigenvalue weighted by Gasteiger charge is 2.53. The second-order valence-corrected chi connectivity index (χ2v) is 8.10. The summed E-state index contributed by atoms with van der Waals surface area (Å²) in [5, 5.41) is 3.10. The lowest BCUT2D eigenvalue weighted by Gasteiger charge is -2.40. The first-order valence-corrected chi connectivity index (χ1v) is 8.90. The van der Waals surface area contributed by atoms with E-state index in [0.29, 0.717) is 12.3 Å². The largest absolute Gasteiger partial charge is 0.354 e. The van der Waals surface area contributed by atoms with Crippen LogP contribution in [-0.4, -0.2) is 35.3 Å². The Morgan fingerprint density at radius 2 is 2.14 bits per heavy atom. The summed E-state index contributed by atoms with van der Waals surface area (Å²) in [7, 11) is 0. The summed E-state index contributed by atoms with van der Waals surface area (Å²) >= 11 is 0. The fourth-order valence-corrected chi connectivity index (χ4v) is 4.01. The number of carbonyl (C=O) groups excluding carboxylic acids is 2. The van der Waals surface area contributed by atoms with Crippen molar-refractivity contribution in [3.63, 3.8) is 0 Å². The van der Waals surface area contributed by atoms with Crippen LogP contribution in [0.5, 0.6) is 0 Å². The minimum Gasteiger partial charge on any atom is -0.354 e. The molecular weight excluding hydrogens is 276 g/mol. The third-order valence-electron chi connectivity index (χ3n) is 5.54. The van der Waals surface area contributed by atoms with Crippen LogP contribution in [-0.2, 0) is 9.59 Å². The molecule has 4 heteroatoms. The van der Waals surface area contributed by atoms with Crippen LogP contribution in [0.15, 0.2) is 0 Å². The van der Waals surface area contributed by atoms with Crippen LogP contribution >= 0.6 is 0 Å². The zero-order valence-electron chi connectivity index (χ0n) is 14.7. The molecule has 4 nitrogen and oxygen atoms in total. The van der Waals surface area contributed by atoms with Gasteiger partial charge < -0.3 is 10.2 Å². The summed E-state index contributed by atoms with van der Waals surface area (Å²) < 4.78 is 0. The average Bonchev–Trinajstić information content (AvgIpc) is 2.81. The van der Waals surface area contributed by atoms with Crippen molar-refractivity contribution in [2.45, 2.75) is 78.2 Å². The highest BCUT2D eigenvalue weighted by atomic mass is 16.2. The van der Waals surface area contributed by atoms with Gasteiger partial charge in [-0.3, -0.25) is 9.59 Å². The second-order valence-electron chi connectivity index (χ2n) is 8.10. The van der Waals surface area contributed by atoms with Crippen LogP contribution in [0.3, 0.4) is 0 Å². The molecular formula is C18H32N2O2. The number of carbonyl (C=O) groups is 2. The van der Waals surface area contributed by atoms with Crippen LogP contribution in [0.1, 0.15) is 72.6 Å². The van der Waals surface area contributed by atoms with E-state index >= 15 is 0 Å². The molecule has 2 amide bonds. The molecule has 0 radical (unpaired) electrons. The molecule has 126 valence electrons. The summed E-state index contributed by atoms with van der Waals surface area (Å²) in [6.45, 7) is 10.3. The van der Waals surface area contributed by atoms with Gasteiger partial charge in [0.25, 0.3) is 0 Å². The van der Waals surface area contributed by atoms with Crippen LogP contribution in [0.2, 0.25) is 0 Å². The van der Waals surface area contributed by atoms with E-state index < -0.39 is 5.54 Å². The molecule has 0 aliphatic carbocycles. The Balaban J connectivity index is 2.25. The summed E-state index contributed by atoms with van der Waals surface area (Å²) in [5.74, 6) is 0.675. The topological polar surface area (TPSA) is 49.4 Å². The SMILES string of the molecule is CCCCNC(=O)[C@]12CCCN1C(=O)CC[C@H](C(C)(C)C)C2. The number of hydrogen-bond acceptors (Lipinski definition) is 2. The zero-order chi connectivity index (χ0) is 16.4. The minimum atomic E-state index is -0.584. The molecule has 0 aromatic rings. The lowest BCUT2D eigenvalue weighted by Crippen LogP contribution is -2.57. The number of nitrogens with zero attached hydrogens (tertiary/aromatic N) is 1. The molecule has 0 unspecified atom stereocenters. The molecule has 2 saturated heterocycles. The van der Waals surface area contributed by atoms with Gasteiger partial charge in [-0.05, 0) is 43.4 Å². The molecule has 2 aliphatic heterocycles. The van der Waals surface area contributed by atoms with Crippen molar-refractivity contribution in [3.8, 4) is 0 Å². The monoisotopic (exact) mass is 308 g/mol. The van der Waals surface area contributed by atoms with E-state index in [1.54, 1.807) is 0 Å². The van der Waals surface area contributed by atoms with Crippen molar-refractivity contribution in [1.29, 1.82) is 0 Å². The Morgan fingerprint density at radius 3 is 2.77 bits per heavy atom. The Bertz CT molecular complexity index is 427. The van der Waals surface area contributed by atoms with E-state index in [9.17, 15) is 9.59 Å². The van der Waals surface area contributed by atoms with Crippen molar-refractivity contribution in [1.82, 2.24) is 10.2 Å². The number of nitrogens with one attached hydrogen (secondary N) is 1. The van der Waals surface area contributed by atoms with Gasteiger partial charge in [-0.15, -0.1) is 0 Å². The molecule has 1 N–H and O–H groups in total. The molecule has 2 atom stereocenters. The first-order chi connectivity index (χ1) is 10.3. The average molecular weight is 308 g/mol. The summed E-state index contributed by atoms with van der Waals surface area (Å²) in [4.78, 5) is 27.4. The number of amides is 2.